The maximum absolute atomic E-state index is 9.67. The number of aliphatic imine (C=N–C) groups is 2. The summed E-state index contributed by atoms with van der Waals surface area (Å²) >= 11 is 0. The van der Waals surface area contributed by atoms with Crippen molar-refractivity contribution in [2.75, 3.05) is 0 Å². The average molecular weight is 266 g/mol. The Morgan fingerprint density at radius 3 is 2.30 bits per heavy atom. The lowest BCUT2D eigenvalue weighted by Gasteiger charge is -2.04. The normalized spacial score (nSPS) is 13.1. The number of benzene rings is 2. The Hall–Kier alpha value is -2.42. The van der Waals surface area contributed by atoms with E-state index in [1.165, 1.54) is 0 Å². The molecule has 0 radical (unpaired) electrons. The molecule has 0 spiro atoms. The number of phenolic OH excluding ortho intramolecular Hbond substituents is 1. The molecule has 3 heteroatoms. The molecule has 0 bridgehead atoms. The van der Waals surface area contributed by atoms with Gasteiger partial charge in [-0.3, -0.25) is 9.98 Å². The number of hydrogen-bond acceptors (Lipinski definition) is 3. The predicted molar refractivity (Wildman–Crippen MR) is 83.8 cm³/mol. The van der Waals surface area contributed by atoms with Crippen molar-refractivity contribution in [2.24, 2.45) is 9.98 Å². The topological polar surface area (TPSA) is 45.0 Å². The first kappa shape index (κ1) is 14.0. The van der Waals surface area contributed by atoms with Gasteiger partial charge in [-0.05, 0) is 24.1 Å². The molecule has 0 aliphatic rings. The van der Waals surface area contributed by atoms with Gasteiger partial charge >= 0.3 is 0 Å². The van der Waals surface area contributed by atoms with E-state index in [2.05, 4.69) is 9.98 Å². The van der Waals surface area contributed by atoms with Crippen LogP contribution in [0.15, 0.2) is 64.6 Å². The van der Waals surface area contributed by atoms with Crippen molar-refractivity contribution >= 4 is 12.4 Å². The second-order valence-corrected chi connectivity index (χ2v) is 4.41. The van der Waals surface area contributed by atoms with Gasteiger partial charge in [-0.25, -0.2) is 0 Å². The number of phenols is 1. The fourth-order valence-electron chi connectivity index (χ4n) is 1.72. The van der Waals surface area contributed by atoms with Gasteiger partial charge in [0.25, 0.3) is 0 Å². The molecule has 2 rings (SSSR count). The first-order valence-corrected chi connectivity index (χ1v) is 6.69. The van der Waals surface area contributed by atoms with Gasteiger partial charge in [-0.15, -0.1) is 0 Å². The Balaban J connectivity index is 2.06. The smallest absolute Gasteiger partial charge is 0.139 e. The van der Waals surface area contributed by atoms with Gasteiger partial charge in [0.2, 0.25) is 0 Å². The highest BCUT2D eigenvalue weighted by Gasteiger charge is 2.00. The van der Waals surface area contributed by atoms with E-state index in [-0.39, 0.29) is 11.9 Å². The van der Waals surface area contributed by atoms with Crippen molar-refractivity contribution in [1.82, 2.24) is 0 Å². The van der Waals surface area contributed by atoms with Gasteiger partial charge in [0.1, 0.15) is 11.9 Å². The van der Waals surface area contributed by atoms with Crippen LogP contribution in [-0.4, -0.2) is 23.7 Å². The third-order valence-electron chi connectivity index (χ3n) is 2.88. The van der Waals surface area contributed by atoms with Crippen molar-refractivity contribution in [1.29, 1.82) is 0 Å². The zero-order valence-corrected chi connectivity index (χ0v) is 11.5. The molecule has 3 nitrogen and oxygen atoms in total. The van der Waals surface area contributed by atoms with Gasteiger partial charge in [0, 0.05) is 18.0 Å². The van der Waals surface area contributed by atoms with Crippen LogP contribution in [0.3, 0.4) is 0 Å². The number of hydrogen-bond donors (Lipinski definition) is 1. The van der Waals surface area contributed by atoms with Crippen LogP contribution in [0.2, 0.25) is 0 Å². The number of rotatable bonds is 5. The molecule has 1 atom stereocenters. The van der Waals surface area contributed by atoms with Crippen molar-refractivity contribution in [3.63, 3.8) is 0 Å². The van der Waals surface area contributed by atoms with E-state index < -0.39 is 0 Å². The second kappa shape index (κ2) is 7.24. The van der Waals surface area contributed by atoms with Crippen molar-refractivity contribution in [3.05, 3.63) is 65.7 Å². The molecule has 0 heterocycles. The Morgan fingerprint density at radius 2 is 1.60 bits per heavy atom. The van der Waals surface area contributed by atoms with Crippen LogP contribution in [0.1, 0.15) is 24.5 Å². The molecule has 0 aliphatic heterocycles. The van der Waals surface area contributed by atoms with E-state index in [9.17, 15) is 5.11 Å². The van der Waals surface area contributed by atoms with Crippen LogP contribution in [0.25, 0.3) is 0 Å². The minimum Gasteiger partial charge on any atom is -0.507 e. The van der Waals surface area contributed by atoms with Crippen LogP contribution in [0, 0.1) is 0 Å². The predicted octanol–water partition coefficient (Wildman–Crippen LogP) is 3.67. The average Bonchev–Trinajstić information content (AvgIpc) is 2.50. The summed E-state index contributed by atoms with van der Waals surface area (Å²) in [7, 11) is 0. The maximum atomic E-state index is 9.67. The third-order valence-corrected chi connectivity index (χ3v) is 2.88. The molecule has 0 aromatic heterocycles. The lowest BCUT2D eigenvalue weighted by Crippen LogP contribution is -2.00. The zero-order chi connectivity index (χ0) is 14.2. The van der Waals surface area contributed by atoms with Gasteiger partial charge < -0.3 is 5.11 Å². The lowest BCUT2D eigenvalue weighted by atomic mass is 10.2. The molecule has 2 aromatic carbocycles. The van der Waals surface area contributed by atoms with Crippen LogP contribution in [-0.2, 0) is 0 Å². The lowest BCUT2D eigenvalue weighted by molar-refractivity contribution is 0.474. The first-order valence-electron chi connectivity index (χ1n) is 6.69. The van der Waals surface area contributed by atoms with Crippen molar-refractivity contribution in [3.8, 4) is 5.75 Å². The highest BCUT2D eigenvalue weighted by Crippen LogP contribution is 2.13. The van der Waals surface area contributed by atoms with Gasteiger partial charge in [-0.2, -0.15) is 0 Å². The van der Waals surface area contributed by atoms with E-state index in [0.717, 1.165) is 12.0 Å². The monoisotopic (exact) mass is 266 g/mol. The molecule has 102 valence electrons. The molecule has 0 fully saturated rings. The number of nitrogens with zero attached hydrogens (tertiary/aromatic N) is 2. The molecular formula is C17H18N2O. The highest BCUT2D eigenvalue weighted by molar-refractivity contribution is 5.83. The Kier molecular flexibility index (Phi) is 5.07. The Morgan fingerprint density at radius 1 is 0.950 bits per heavy atom. The van der Waals surface area contributed by atoms with E-state index >= 15 is 0 Å². The van der Waals surface area contributed by atoms with Crippen LogP contribution in [0.4, 0.5) is 0 Å². The summed E-state index contributed by atoms with van der Waals surface area (Å²) in [6.07, 6.45) is 4.19. The van der Waals surface area contributed by atoms with E-state index in [4.69, 9.17) is 0 Å². The molecule has 1 N–H and O–H groups in total. The summed E-state index contributed by atoms with van der Waals surface area (Å²) in [4.78, 5) is 8.86. The van der Waals surface area contributed by atoms with Crippen molar-refractivity contribution < 1.29 is 5.11 Å². The number of para-hydroxylation sites is 1. The quantitative estimate of drug-likeness (QED) is 0.825. The molecule has 1 unspecified atom stereocenters. The summed E-state index contributed by atoms with van der Waals surface area (Å²) < 4.78 is 0. The Labute approximate surface area is 119 Å². The minimum absolute atomic E-state index is 0.130. The van der Waals surface area contributed by atoms with E-state index in [1.807, 2.05) is 55.6 Å². The van der Waals surface area contributed by atoms with Gasteiger partial charge in [-0.1, -0.05) is 49.4 Å². The standard InChI is InChI=1S/C17H18N2O/c1-2-17(18-12-14-8-4-3-5-9-14)19-13-15-10-6-7-11-16(15)20/h3-13,17,20H,2H2,1H3. The van der Waals surface area contributed by atoms with Gasteiger partial charge in [0.15, 0.2) is 0 Å². The number of aromatic hydroxyl groups is 1. The third kappa shape index (κ3) is 4.05. The fraction of sp³-hybridized carbons (Fsp3) is 0.176. The van der Waals surface area contributed by atoms with E-state index in [1.54, 1.807) is 18.3 Å². The first-order chi connectivity index (χ1) is 9.79. The molecule has 0 aliphatic carbocycles. The van der Waals surface area contributed by atoms with Crippen LogP contribution < -0.4 is 0 Å². The van der Waals surface area contributed by atoms with Crippen LogP contribution >= 0.6 is 0 Å². The summed E-state index contributed by atoms with van der Waals surface area (Å²) in [6.45, 7) is 2.04. The molecule has 0 saturated carbocycles. The summed E-state index contributed by atoms with van der Waals surface area (Å²) in [5, 5.41) is 9.67. The fourth-order valence-corrected chi connectivity index (χ4v) is 1.72. The zero-order valence-electron chi connectivity index (χ0n) is 11.5. The van der Waals surface area contributed by atoms with Crippen molar-refractivity contribution in [2.45, 2.75) is 19.5 Å². The summed E-state index contributed by atoms with van der Waals surface area (Å²) in [5.74, 6) is 0.234. The molecule has 0 amide bonds. The largest absolute Gasteiger partial charge is 0.507 e. The Bertz CT molecular complexity index is 591. The molecule has 2 aromatic rings. The van der Waals surface area contributed by atoms with E-state index in [0.29, 0.717) is 5.56 Å². The summed E-state index contributed by atoms with van der Waals surface area (Å²) in [5.41, 5.74) is 1.77. The van der Waals surface area contributed by atoms with Crippen LogP contribution in [0.5, 0.6) is 5.75 Å². The summed E-state index contributed by atoms with van der Waals surface area (Å²) in [6, 6.07) is 17.1. The maximum Gasteiger partial charge on any atom is 0.139 e. The SMILES string of the molecule is CCC(N=Cc1ccccc1)N=Cc1ccccc1O. The minimum atomic E-state index is -0.130. The molecule has 20 heavy (non-hydrogen) atoms. The van der Waals surface area contributed by atoms with Gasteiger partial charge in [0.05, 0.1) is 0 Å². The molecule has 0 saturated heterocycles. The highest BCUT2D eigenvalue weighted by atomic mass is 16.3. The second-order valence-electron chi connectivity index (χ2n) is 4.41. The molecular weight excluding hydrogens is 248 g/mol.